The molecule has 0 saturated heterocycles. The Morgan fingerprint density at radius 2 is 1.30 bits per heavy atom. The standard InChI is InChI=1S/C17H30N2Si/c1-7-16-12-14-17(15-13-16)20(6,18(8-2)9-3)19(10-4)11-5/h7,12-15H,1,8-11H2,2-6H3. The highest BCUT2D eigenvalue weighted by Gasteiger charge is 2.40. The minimum Gasteiger partial charge on any atom is -0.309 e. The van der Waals surface area contributed by atoms with Gasteiger partial charge in [0.25, 0.3) is 0 Å². The van der Waals surface area contributed by atoms with E-state index in [-0.39, 0.29) is 0 Å². The number of hydrogen-bond acceptors (Lipinski definition) is 2. The normalized spacial score (nSPS) is 12.2. The topological polar surface area (TPSA) is 6.48 Å². The van der Waals surface area contributed by atoms with Crippen molar-refractivity contribution < 1.29 is 0 Å². The first-order chi connectivity index (χ1) is 9.58. The zero-order chi connectivity index (χ0) is 15.2. The van der Waals surface area contributed by atoms with E-state index in [1.807, 2.05) is 6.08 Å². The lowest BCUT2D eigenvalue weighted by Gasteiger charge is -2.46. The second kappa shape index (κ2) is 7.77. The van der Waals surface area contributed by atoms with Crippen molar-refractivity contribution in [3.8, 4) is 0 Å². The van der Waals surface area contributed by atoms with Gasteiger partial charge >= 0.3 is 0 Å². The third-order valence-corrected chi connectivity index (χ3v) is 9.61. The van der Waals surface area contributed by atoms with Gasteiger partial charge in [-0.15, -0.1) is 0 Å². The van der Waals surface area contributed by atoms with Crippen LogP contribution in [-0.4, -0.2) is 43.7 Å². The second-order valence-electron chi connectivity index (χ2n) is 5.19. The first-order valence-corrected chi connectivity index (χ1v) is 10.2. The SMILES string of the molecule is C=Cc1ccc([Si](C)(N(CC)CC)N(CC)CC)cc1. The van der Waals surface area contributed by atoms with Crippen LogP contribution in [0.15, 0.2) is 30.8 Å². The molecule has 20 heavy (non-hydrogen) atoms. The molecule has 0 saturated carbocycles. The van der Waals surface area contributed by atoms with E-state index < -0.39 is 8.40 Å². The summed E-state index contributed by atoms with van der Waals surface area (Å²) in [6.07, 6.45) is 1.91. The van der Waals surface area contributed by atoms with Crippen molar-refractivity contribution in [1.29, 1.82) is 0 Å². The lowest BCUT2D eigenvalue weighted by Crippen LogP contribution is -2.70. The molecular weight excluding hydrogens is 260 g/mol. The van der Waals surface area contributed by atoms with Crippen LogP contribution in [0.1, 0.15) is 33.3 Å². The molecule has 0 amide bonds. The third kappa shape index (κ3) is 3.22. The summed E-state index contributed by atoms with van der Waals surface area (Å²) in [4.78, 5) is 0. The van der Waals surface area contributed by atoms with Crippen molar-refractivity contribution in [2.75, 3.05) is 26.2 Å². The van der Waals surface area contributed by atoms with Crippen molar-refractivity contribution in [2.45, 2.75) is 34.2 Å². The smallest absolute Gasteiger partial charge is 0.236 e. The molecule has 0 N–H and O–H groups in total. The van der Waals surface area contributed by atoms with E-state index in [9.17, 15) is 0 Å². The van der Waals surface area contributed by atoms with E-state index in [1.54, 1.807) is 0 Å². The van der Waals surface area contributed by atoms with Gasteiger partial charge in [-0.05, 0) is 43.5 Å². The summed E-state index contributed by atoms with van der Waals surface area (Å²) >= 11 is 0. The predicted octanol–water partition coefficient (Wildman–Crippen LogP) is 3.29. The monoisotopic (exact) mass is 290 g/mol. The van der Waals surface area contributed by atoms with Gasteiger partial charge in [-0.2, -0.15) is 0 Å². The van der Waals surface area contributed by atoms with Gasteiger partial charge in [0.15, 0.2) is 0 Å². The molecule has 0 aliphatic carbocycles. The number of nitrogens with zero attached hydrogens (tertiary/aromatic N) is 2. The fraction of sp³-hybridized carbons (Fsp3) is 0.529. The summed E-state index contributed by atoms with van der Waals surface area (Å²) in [5.74, 6) is 0. The highest BCUT2D eigenvalue weighted by atomic mass is 28.3. The van der Waals surface area contributed by atoms with Crippen LogP contribution >= 0.6 is 0 Å². The van der Waals surface area contributed by atoms with Crippen LogP contribution in [0.5, 0.6) is 0 Å². The molecule has 1 aromatic rings. The zero-order valence-electron chi connectivity index (χ0n) is 13.8. The van der Waals surface area contributed by atoms with Crippen LogP contribution in [0.4, 0.5) is 0 Å². The highest BCUT2D eigenvalue weighted by molar-refractivity contribution is 6.86. The second-order valence-corrected chi connectivity index (χ2v) is 9.08. The molecule has 0 spiro atoms. The van der Waals surface area contributed by atoms with Crippen molar-refractivity contribution in [3.05, 3.63) is 36.4 Å². The molecule has 0 fully saturated rings. The highest BCUT2D eigenvalue weighted by Crippen LogP contribution is 2.16. The number of benzene rings is 1. The molecule has 0 aromatic heterocycles. The fourth-order valence-corrected chi connectivity index (χ4v) is 7.57. The van der Waals surface area contributed by atoms with Crippen LogP contribution in [0, 0.1) is 0 Å². The lowest BCUT2D eigenvalue weighted by atomic mass is 10.2. The summed E-state index contributed by atoms with van der Waals surface area (Å²) in [6.45, 7) is 19.9. The Bertz CT molecular complexity index is 394. The first kappa shape index (κ1) is 17.1. The van der Waals surface area contributed by atoms with Gasteiger partial charge in [0.2, 0.25) is 8.40 Å². The molecule has 1 rings (SSSR count). The summed E-state index contributed by atoms with van der Waals surface area (Å²) in [7, 11) is -1.79. The molecule has 0 atom stereocenters. The van der Waals surface area contributed by atoms with Crippen molar-refractivity contribution >= 4 is 19.7 Å². The largest absolute Gasteiger partial charge is 0.309 e. The van der Waals surface area contributed by atoms with E-state index in [1.165, 1.54) is 10.8 Å². The maximum absolute atomic E-state index is 3.85. The molecule has 2 nitrogen and oxygen atoms in total. The van der Waals surface area contributed by atoms with Gasteiger partial charge in [0.1, 0.15) is 0 Å². The van der Waals surface area contributed by atoms with Crippen LogP contribution < -0.4 is 5.19 Å². The molecule has 0 heterocycles. The van der Waals surface area contributed by atoms with Crippen LogP contribution in [0.25, 0.3) is 6.08 Å². The van der Waals surface area contributed by atoms with Gasteiger partial charge < -0.3 is 9.13 Å². The van der Waals surface area contributed by atoms with E-state index in [4.69, 9.17) is 0 Å². The summed E-state index contributed by atoms with van der Waals surface area (Å²) in [5, 5.41) is 1.50. The molecule has 0 aliphatic heterocycles. The number of rotatable bonds is 8. The Morgan fingerprint density at radius 1 is 0.900 bits per heavy atom. The molecule has 0 unspecified atom stereocenters. The molecule has 0 radical (unpaired) electrons. The summed E-state index contributed by atoms with van der Waals surface area (Å²) < 4.78 is 5.34. The summed E-state index contributed by atoms with van der Waals surface area (Å²) in [5.41, 5.74) is 1.20. The van der Waals surface area contributed by atoms with Gasteiger partial charge in [-0.1, -0.05) is 64.6 Å². The van der Waals surface area contributed by atoms with Crippen molar-refractivity contribution in [3.63, 3.8) is 0 Å². The van der Waals surface area contributed by atoms with Crippen molar-refractivity contribution in [1.82, 2.24) is 9.13 Å². The first-order valence-electron chi connectivity index (χ1n) is 7.81. The maximum atomic E-state index is 3.85. The number of hydrogen-bond donors (Lipinski definition) is 0. The maximum Gasteiger partial charge on any atom is 0.236 e. The van der Waals surface area contributed by atoms with Gasteiger partial charge in [0, 0.05) is 0 Å². The predicted molar refractivity (Wildman–Crippen MR) is 93.6 cm³/mol. The van der Waals surface area contributed by atoms with Crippen LogP contribution in [0.2, 0.25) is 6.55 Å². The Kier molecular flexibility index (Phi) is 6.66. The lowest BCUT2D eigenvalue weighted by molar-refractivity contribution is 0.367. The van der Waals surface area contributed by atoms with Crippen molar-refractivity contribution in [2.24, 2.45) is 0 Å². The van der Waals surface area contributed by atoms with E-state index >= 15 is 0 Å². The molecule has 3 heteroatoms. The Morgan fingerprint density at radius 3 is 1.60 bits per heavy atom. The minimum atomic E-state index is -1.79. The van der Waals surface area contributed by atoms with Gasteiger partial charge in [0.05, 0.1) is 0 Å². The van der Waals surface area contributed by atoms with E-state index in [0.29, 0.717) is 0 Å². The van der Waals surface area contributed by atoms with Crippen LogP contribution in [-0.2, 0) is 0 Å². The summed E-state index contributed by atoms with van der Waals surface area (Å²) in [6, 6.07) is 9.00. The van der Waals surface area contributed by atoms with E-state index in [0.717, 1.165) is 26.2 Å². The molecule has 0 aliphatic rings. The quantitative estimate of drug-likeness (QED) is 0.678. The average Bonchev–Trinajstić information content (AvgIpc) is 2.49. The fourth-order valence-electron chi connectivity index (χ4n) is 3.18. The molecule has 0 bridgehead atoms. The minimum absolute atomic E-state index is 1.11. The van der Waals surface area contributed by atoms with E-state index in [2.05, 4.69) is 74.2 Å². The zero-order valence-corrected chi connectivity index (χ0v) is 14.8. The van der Waals surface area contributed by atoms with Crippen LogP contribution in [0.3, 0.4) is 0 Å². The molecule has 1 aromatic carbocycles. The van der Waals surface area contributed by atoms with Gasteiger partial charge in [-0.3, -0.25) is 0 Å². The van der Waals surface area contributed by atoms with Gasteiger partial charge in [-0.25, -0.2) is 0 Å². The molecular formula is C17H30N2Si. The Balaban J connectivity index is 3.30. The molecule has 112 valence electrons. The third-order valence-electron chi connectivity index (χ3n) is 4.45. The average molecular weight is 291 g/mol. The Hall–Kier alpha value is -0.903. The Labute approximate surface area is 126 Å².